The van der Waals surface area contributed by atoms with Crippen molar-refractivity contribution in [3.8, 4) is 22.0 Å². The highest BCUT2D eigenvalue weighted by Gasteiger charge is 2.09. The number of halogens is 2. The normalized spacial score (nSPS) is 10.6. The number of pyridine rings is 1. The standard InChI is InChI=1S/C14H8BrFN2S/c15-11-4-2-1-3-10(11)13-8-19-14(18-13)12-6-5-9(16)7-17-12/h1-8H. The minimum atomic E-state index is -0.341. The highest BCUT2D eigenvalue weighted by Crippen LogP contribution is 2.31. The maximum Gasteiger partial charge on any atom is 0.142 e. The Hall–Kier alpha value is -1.59. The summed E-state index contributed by atoms with van der Waals surface area (Å²) in [5.74, 6) is -0.341. The van der Waals surface area contributed by atoms with Crippen molar-refractivity contribution in [3.05, 3.63) is 58.3 Å². The Kier molecular flexibility index (Phi) is 3.40. The molecule has 94 valence electrons. The zero-order chi connectivity index (χ0) is 13.2. The van der Waals surface area contributed by atoms with Crippen LogP contribution in [0.15, 0.2) is 52.4 Å². The van der Waals surface area contributed by atoms with Crippen molar-refractivity contribution in [2.75, 3.05) is 0 Å². The molecule has 0 atom stereocenters. The molecule has 19 heavy (non-hydrogen) atoms. The van der Waals surface area contributed by atoms with Gasteiger partial charge in [0.05, 0.1) is 17.6 Å². The molecule has 0 saturated heterocycles. The third-order valence-corrected chi connectivity index (χ3v) is 4.16. The average Bonchev–Trinajstić information content (AvgIpc) is 2.89. The van der Waals surface area contributed by atoms with Crippen LogP contribution in [-0.4, -0.2) is 9.97 Å². The Labute approximate surface area is 122 Å². The van der Waals surface area contributed by atoms with Gasteiger partial charge >= 0.3 is 0 Å². The molecule has 2 nitrogen and oxygen atoms in total. The van der Waals surface area contributed by atoms with Crippen LogP contribution in [0.2, 0.25) is 0 Å². The first kappa shape index (κ1) is 12.4. The van der Waals surface area contributed by atoms with Crippen molar-refractivity contribution in [3.63, 3.8) is 0 Å². The van der Waals surface area contributed by atoms with Crippen molar-refractivity contribution < 1.29 is 4.39 Å². The lowest BCUT2D eigenvalue weighted by Gasteiger charge is -1.99. The summed E-state index contributed by atoms with van der Waals surface area (Å²) in [6.45, 7) is 0. The first-order valence-corrected chi connectivity index (χ1v) is 7.23. The smallest absolute Gasteiger partial charge is 0.142 e. The molecular weight excluding hydrogens is 327 g/mol. The molecule has 0 radical (unpaired) electrons. The van der Waals surface area contributed by atoms with Crippen molar-refractivity contribution in [1.82, 2.24) is 9.97 Å². The fourth-order valence-corrected chi connectivity index (χ4v) is 2.97. The Morgan fingerprint density at radius 1 is 1.05 bits per heavy atom. The molecule has 0 bridgehead atoms. The first-order valence-electron chi connectivity index (χ1n) is 5.56. The maximum atomic E-state index is 12.8. The van der Waals surface area contributed by atoms with Crippen molar-refractivity contribution >= 4 is 27.3 Å². The predicted octanol–water partition coefficient (Wildman–Crippen LogP) is 4.77. The molecule has 0 unspecified atom stereocenters. The molecule has 1 aromatic carbocycles. The molecule has 0 aliphatic carbocycles. The van der Waals surface area contributed by atoms with Gasteiger partial charge in [-0.2, -0.15) is 0 Å². The average molecular weight is 335 g/mol. The Bertz CT molecular complexity index is 709. The second-order valence-electron chi connectivity index (χ2n) is 3.88. The molecule has 0 spiro atoms. The summed E-state index contributed by atoms with van der Waals surface area (Å²) in [5.41, 5.74) is 2.61. The van der Waals surface area contributed by atoms with Gasteiger partial charge in [-0.25, -0.2) is 9.37 Å². The van der Waals surface area contributed by atoms with Crippen molar-refractivity contribution in [1.29, 1.82) is 0 Å². The summed E-state index contributed by atoms with van der Waals surface area (Å²) in [6, 6.07) is 10.9. The first-order chi connectivity index (χ1) is 9.24. The van der Waals surface area contributed by atoms with Gasteiger partial charge < -0.3 is 0 Å². The highest BCUT2D eigenvalue weighted by molar-refractivity contribution is 9.10. The van der Waals surface area contributed by atoms with E-state index in [2.05, 4.69) is 25.9 Å². The molecule has 0 aliphatic rings. The number of aromatic nitrogens is 2. The summed E-state index contributed by atoms with van der Waals surface area (Å²) < 4.78 is 13.8. The van der Waals surface area contributed by atoms with E-state index in [0.29, 0.717) is 5.69 Å². The molecule has 3 aromatic rings. The minimum Gasteiger partial charge on any atom is -0.251 e. The molecular formula is C14H8BrFN2S. The SMILES string of the molecule is Fc1ccc(-c2nc(-c3ccccc3Br)cs2)nc1. The van der Waals surface area contributed by atoms with Crippen LogP contribution in [-0.2, 0) is 0 Å². The molecule has 0 saturated carbocycles. The van der Waals surface area contributed by atoms with E-state index in [0.717, 1.165) is 20.7 Å². The van der Waals surface area contributed by atoms with Gasteiger partial charge in [0.15, 0.2) is 0 Å². The van der Waals surface area contributed by atoms with E-state index in [1.165, 1.54) is 23.6 Å². The molecule has 2 aromatic heterocycles. The van der Waals surface area contributed by atoms with E-state index in [4.69, 9.17) is 0 Å². The van der Waals surface area contributed by atoms with Crippen LogP contribution in [0.1, 0.15) is 0 Å². The number of hydrogen-bond donors (Lipinski definition) is 0. The summed E-state index contributed by atoms with van der Waals surface area (Å²) in [5, 5.41) is 2.76. The zero-order valence-corrected chi connectivity index (χ0v) is 12.1. The van der Waals surface area contributed by atoms with Crippen LogP contribution >= 0.6 is 27.3 Å². The second kappa shape index (κ2) is 5.19. The monoisotopic (exact) mass is 334 g/mol. The fourth-order valence-electron chi connectivity index (χ4n) is 1.69. The van der Waals surface area contributed by atoms with Gasteiger partial charge in [-0.15, -0.1) is 11.3 Å². The van der Waals surface area contributed by atoms with E-state index < -0.39 is 0 Å². The van der Waals surface area contributed by atoms with E-state index in [1.807, 2.05) is 29.6 Å². The van der Waals surface area contributed by atoms with Crippen LogP contribution in [0, 0.1) is 5.82 Å². The minimum absolute atomic E-state index is 0.341. The van der Waals surface area contributed by atoms with Gasteiger partial charge in [0.25, 0.3) is 0 Å². The summed E-state index contributed by atoms with van der Waals surface area (Å²) in [4.78, 5) is 8.58. The summed E-state index contributed by atoms with van der Waals surface area (Å²) in [7, 11) is 0. The second-order valence-corrected chi connectivity index (χ2v) is 5.59. The summed E-state index contributed by atoms with van der Waals surface area (Å²) >= 11 is 5.00. The molecule has 0 amide bonds. The van der Waals surface area contributed by atoms with Gasteiger partial charge in [-0.3, -0.25) is 4.98 Å². The molecule has 0 N–H and O–H groups in total. The third-order valence-electron chi connectivity index (χ3n) is 2.60. The van der Waals surface area contributed by atoms with Crippen LogP contribution in [0.3, 0.4) is 0 Å². The lowest BCUT2D eigenvalue weighted by atomic mass is 10.2. The van der Waals surface area contributed by atoms with Gasteiger partial charge in [0.1, 0.15) is 10.8 Å². The topological polar surface area (TPSA) is 25.8 Å². The molecule has 0 fully saturated rings. The lowest BCUT2D eigenvalue weighted by Crippen LogP contribution is -1.84. The molecule has 2 heterocycles. The Balaban J connectivity index is 2.00. The fraction of sp³-hybridized carbons (Fsp3) is 0. The van der Waals surface area contributed by atoms with Gasteiger partial charge in [0, 0.05) is 15.4 Å². The van der Waals surface area contributed by atoms with Gasteiger partial charge in [0.2, 0.25) is 0 Å². The molecule has 5 heteroatoms. The van der Waals surface area contributed by atoms with E-state index >= 15 is 0 Å². The number of hydrogen-bond acceptors (Lipinski definition) is 3. The zero-order valence-electron chi connectivity index (χ0n) is 9.68. The predicted molar refractivity (Wildman–Crippen MR) is 78.4 cm³/mol. The van der Waals surface area contributed by atoms with Gasteiger partial charge in [-0.05, 0) is 18.2 Å². The maximum absolute atomic E-state index is 12.8. The van der Waals surface area contributed by atoms with E-state index in [1.54, 1.807) is 6.07 Å². The largest absolute Gasteiger partial charge is 0.251 e. The quantitative estimate of drug-likeness (QED) is 0.674. The van der Waals surface area contributed by atoms with Gasteiger partial charge in [-0.1, -0.05) is 34.1 Å². The van der Waals surface area contributed by atoms with E-state index in [9.17, 15) is 4.39 Å². The Morgan fingerprint density at radius 3 is 2.63 bits per heavy atom. The van der Waals surface area contributed by atoms with Crippen LogP contribution in [0.5, 0.6) is 0 Å². The van der Waals surface area contributed by atoms with Crippen LogP contribution in [0.4, 0.5) is 4.39 Å². The van der Waals surface area contributed by atoms with Crippen molar-refractivity contribution in [2.24, 2.45) is 0 Å². The van der Waals surface area contributed by atoms with E-state index in [-0.39, 0.29) is 5.82 Å². The van der Waals surface area contributed by atoms with Crippen LogP contribution in [0.25, 0.3) is 22.0 Å². The highest BCUT2D eigenvalue weighted by atomic mass is 79.9. The molecule has 0 aliphatic heterocycles. The van der Waals surface area contributed by atoms with Crippen LogP contribution < -0.4 is 0 Å². The van der Waals surface area contributed by atoms with Crippen molar-refractivity contribution in [2.45, 2.75) is 0 Å². The number of nitrogens with zero attached hydrogens (tertiary/aromatic N) is 2. The number of rotatable bonds is 2. The Morgan fingerprint density at radius 2 is 1.89 bits per heavy atom. The number of thiazole rings is 1. The summed E-state index contributed by atoms with van der Waals surface area (Å²) in [6.07, 6.45) is 1.20. The molecule has 3 rings (SSSR count). The lowest BCUT2D eigenvalue weighted by molar-refractivity contribution is 0.622. The third kappa shape index (κ3) is 2.57. The number of benzene rings is 1.